The zero-order chi connectivity index (χ0) is 14.6. The monoisotopic (exact) mass is 319 g/mol. The Kier molecular flexibility index (Phi) is 8.57. The van der Waals surface area contributed by atoms with Crippen molar-refractivity contribution in [2.24, 2.45) is 5.73 Å². The van der Waals surface area contributed by atoms with Gasteiger partial charge in [0.15, 0.2) is 0 Å². The van der Waals surface area contributed by atoms with Gasteiger partial charge in [-0.1, -0.05) is 32.4 Å². The van der Waals surface area contributed by atoms with Crippen LogP contribution in [-0.2, 0) is 6.42 Å². The summed E-state index contributed by atoms with van der Waals surface area (Å²) >= 11 is 6.37. The van der Waals surface area contributed by atoms with Crippen LogP contribution in [0.25, 0.3) is 0 Å². The molecule has 0 spiro atoms. The number of nitrogens with two attached hydrogens (primary N) is 1. The number of hydrogen-bond acceptors (Lipinski definition) is 2. The smallest absolute Gasteiger partial charge is 0.126 e. The maximum absolute atomic E-state index is 6.37. The first-order valence-electron chi connectivity index (χ1n) is 7.12. The highest BCUT2D eigenvalue weighted by Crippen LogP contribution is 2.37. The van der Waals surface area contributed by atoms with Gasteiger partial charge >= 0.3 is 0 Å². The van der Waals surface area contributed by atoms with E-state index in [2.05, 4.69) is 20.8 Å². The second-order valence-corrected chi connectivity index (χ2v) is 5.75. The summed E-state index contributed by atoms with van der Waals surface area (Å²) in [5, 5.41) is 0.811. The maximum atomic E-state index is 6.37. The van der Waals surface area contributed by atoms with E-state index in [1.165, 1.54) is 11.1 Å². The number of rotatable bonds is 6. The highest BCUT2D eigenvalue weighted by Gasteiger charge is 2.19. The molecule has 0 heterocycles. The van der Waals surface area contributed by atoms with Gasteiger partial charge in [-0.25, -0.2) is 0 Å². The Morgan fingerprint density at radius 2 is 1.90 bits per heavy atom. The second-order valence-electron chi connectivity index (χ2n) is 5.34. The van der Waals surface area contributed by atoms with Gasteiger partial charge in [0.2, 0.25) is 0 Å². The summed E-state index contributed by atoms with van der Waals surface area (Å²) < 4.78 is 5.90. The van der Waals surface area contributed by atoms with E-state index in [-0.39, 0.29) is 18.4 Å². The molecule has 0 saturated carbocycles. The van der Waals surface area contributed by atoms with Crippen LogP contribution in [0.15, 0.2) is 6.07 Å². The highest BCUT2D eigenvalue weighted by atomic mass is 35.5. The van der Waals surface area contributed by atoms with Crippen LogP contribution in [0.3, 0.4) is 0 Å². The number of ether oxygens (including phenoxy) is 1. The van der Waals surface area contributed by atoms with Crippen LogP contribution in [0.1, 0.15) is 56.7 Å². The van der Waals surface area contributed by atoms with E-state index in [0.29, 0.717) is 12.5 Å². The summed E-state index contributed by atoms with van der Waals surface area (Å²) in [6.45, 7) is 11.1. The lowest BCUT2D eigenvalue weighted by Gasteiger charge is -2.22. The van der Waals surface area contributed by atoms with Crippen molar-refractivity contribution in [3.8, 4) is 5.75 Å². The number of hydrogen-bond donors (Lipinski definition) is 1. The predicted octanol–water partition coefficient (Wildman–Crippen LogP) is 4.87. The molecule has 20 heavy (non-hydrogen) atoms. The number of benzene rings is 1. The van der Waals surface area contributed by atoms with Crippen molar-refractivity contribution in [3.63, 3.8) is 0 Å². The summed E-state index contributed by atoms with van der Waals surface area (Å²) in [5.41, 5.74) is 9.56. The summed E-state index contributed by atoms with van der Waals surface area (Å²) in [6.07, 6.45) is 1.77. The first-order valence-corrected chi connectivity index (χ1v) is 7.50. The van der Waals surface area contributed by atoms with Gasteiger partial charge in [0.25, 0.3) is 0 Å². The zero-order valence-corrected chi connectivity index (χ0v) is 14.7. The van der Waals surface area contributed by atoms with Crippen molar-refractivity contribution in [1.82, 2.24) is 0 Å². The van der Waals surface area contributed by atoms with E-state index < -0.39 is 0 Å². The third-order valence-corrected chi connectivity index (χ3v) is 3.92. The normalized spacial score (nSPS) is 12.2. The van der Waals surface area contributed by atoms with Gasteiger partial charge in [-0.05, 0) is 49.8 Å². The Bertz CT molecular complexity index is 433. The van der Waals surface area contributed by atoms with Crippen molar-refractivity contribution >= 4 is 24.0 Å². The van der Waals surface area contributed by atoms with Gasteiger partial charge in [-0.2, -0.15) is 0 Å². The van der Waals surface area contributed by atoms with E-state index in [1.54, 1.807) is 0 Å². The summed E-state index contributed by atoms with van der Waals surface area (Å²) in [4.78, 5) is 0. The van der Waals surface area contributed by atoms with Crippen LogP contribution < -0.4 is 10.5 Å². The summed E-state index contributed by atoms with van der Waals surface area (Å²) in [6, 6.07) is 2.18. The van der Waals surface area contributed by atoms with Crippen LogP contribution in [0.2, 0.25) is 5.02 Å². The van der Waals surface area contributed by atoms with Gasteiger partial charge in [-0.15, -0.1) is 12.4 Å². The first-order chi connectivity index (χ1) is 8.92. The second kappa shape index (κ2) is 8.76. The summed E-state index contributed by atoms with van der Waals surface area (Å²) in [5.74, 6) is 1.37. The molecule has 0 amide bonds. The topological polar surface area (TPSA) is 35.2 Å². The molecule has 1 unspecified atom stereocenters. The maximum Gasteiger partial charge on any atom is 0.126 e. The quantitative estimate of drug-likeness (QED) is 0.811. The minimum absolute atomic E-state index is 0. The van der Waals surface area contributed by atoms with E-state index >= 15 is 0 Å². The minimum atomic E-state index is 0. The molecule has 0 aliphatic heterocycles. The Morgan fingerprint density at radius 1 is 1.30 bits per heavy atom. The van der Waals surface area contributed by atoms with Crippen molar-refractivity contribution in [2.75, 3.05) is 6.61 Å². The molecule has 4 heteroatoms. The molecule has 0 saturated heterocycles. The molecule has 1 atom stereocenters. The van der Waals surface area contributed by atoms with Gasteiger partial charge in [0.1, 0.15) is 5.75 Å². The molecule has 0 aliphatic carbocycles. The molecular weight excluding hydrogens is 293 g/mol. The third-order valence-electron chi connectivity index (χ3n) is 3.53. The fraction of sp³-hybridized carbons (Fsp3) is 0.625. The molecule has 1 aromatic carbocycles. The summed E-state index contributed by atoms with van der Waals surface area (Å²) in [7, 11) is 0. The molecule has 2 N–H and O–H groups in total. The first kappa shape index (κ1) is 19.6. The molecule has 0 aromatic heterocycles. The number of halogens is 2. The van der Waals surface area contributed by atoms with Gasteiger partial charge in [0, 0.05) is 16.6 Å². The lowest BCUT2D eigenvalue weighted by atomic mass is 9.92. The molecular formula is C16H27Cl2NO. The minimum Gasteiger partial charge on any atom is -0.493 e. The molecule has 0 aliphatic rings. The fourth-order valence-electron chi connectivity index (χ4n) is 2.19. The van der Waals surface area contributed by atoms with Crippen molar-refractivity contribution in [1.29, 1.82) is 0 Å². The standard InChI is InChI=1S/C16H26ClNO.ClH/c1-6-12(18)8-14-11(5)15(17)9-13(10(3)4)16(14)19-7-2;/h9-10,12H,6-8,18H2,1-5H3;1H. The van der Waals surface area contributed by atoms with Crippen LogP contribution in [-0.4, -0.2) is 12.6 Å². The Labute approximate surface area is 134 Å². The Balaban J connectivity index is 0.00000361. The lowest BCUT2D eigenvalue weighted by Crippen LogP contribution is -2.22. The largest absolute Gasteiger partial charge is 0.493 e. The predicted molar refractivity (Wildman–Crippen MR) is 90.7 cm³/mol. The molecule has 1 aromatic rings. The van der Waals surface area contributed by atoms with Gasteiger partial charge < -0.3 is 10.5 Å². The Morgan fingerprint density at radius 3 is 2.35 bits per heavy atom. The van der Waals surface area contributed by atoms with Crippen LogP contribution in [0.5, 0.6) is 5.75 Å². The average molecular weight is 320 g/mol. The molecule has 2 nitrogen and oxygen atoms in total. The SMILES string of the molecule is CCOc1c(C(C)C)cc(Cl)c(C)c1CC(N)CC.Cl. The third kappa shape index (κ3) is 4.54. The average Bonchev–Trinajstić information content (AvgIpc) is 2.37. The van der Waals surface area contributed by atoms with Crippen LogP contribution >= 0.6 is 24.0 Å². The van der Waals surface area contributed by atoms with Crippen LogP contribution in [0.4, 0.5) is 0 Å². The Hall–Kier alpha value is -0.440. The molecule has 116 valence electrons. The van der Waals surface area contributed by atoms with E-state index in [0.717, 1.165) is 29.2 Å². The van der Waals surface area contributed by atoms with Crippen molar-refractivity contribution in [3.05, 3.63) is 27.8 Å². The van der Waals surface area contributed by atoms with Gasteiger partial charge in [0.05, 0.1) is 6.61 Å². The van der Waals surface area contributed by atoms with Crippen molar-refractivity contribution in [2.45, 2.75) is 59.4 Å². The molecule has 0 bridgehead atoms. The fourth-order valence-corrected chi connectivity index (χ4v) is 2.43. The molecule has 0 radical (unpaired) electrons. The molecule has 1 rings (SSSR count). The lowest BCUT2D eigenvalue weighted by molar-refractivity contribution is 0.330. The van der Waals surface area contributed by atoms with E-state index in [1.807, 2.05) is 19.9 Å². The van der Waals surface area contributed by atoms with Gasteiger partial charge in [-0.3, -0.25) is 0 Å². The molecule has 0 fully saturated rings. The van der Waals surface area contributed by atoms with E-state index in [9.17, 15) is 0 Å². The van der Waals surface area contributed by atoms with E-state index in [4.69, 9.17) is 22.1 Å². The van der Waals surface area contributed by atoms with Crippen molar-refractivity contribution < 1.29 is 4.74 Å². The zero-order valence-electron chi connectivity index (χ0n) is 13.1. The van der Waals surface area contributed by atoms with Crippen LogP contribution in [0, 0.1) is 6.92 Å². The highest BCUT2D eigenvalue weighted by molar-refractivity contribution is 6.31.